The van der Waals surface area contributed by atoms with E-state index in [9.17, 15) is 9.59 Å². The fourth-order valence-electron chi connectivity index (χ4n) is 4.40. The molecule has 1 unspecified atom stereocenters. The van der Waals surface area contributed by atoms with Crippen LogP contribution in [0.2, 0.25) is 0 Å². The van der Waals surface area contributed by atoms with Gasteiger partial charge in [-0.1, -0.05) is 36.4 Å². The molecule has 1 fully saturated rings. The van der Waals surface area contributed by atoms with Gasteiger partial charge in [-0.3, -0.25) is 9.36 Å². The van der Waals surface area contributed by atoms with Gasteiger partial charge < -0.3 is 19.9 Å². The van der Waals surface area contributed by atoms with Crippen molar-refractivity contribution >= 4 is 29.2 Å². The van der Waals surface area contributed by atoms with Gasteiger partial charge in [0.05, 0.1) is 6.04 Å². The van der Waals surface area contributed by atoms with E-state index < -0.39 is 6.09 Å². The average molecular weight is 532 g/mol. The fourth-order valence-corrected chi connectivity index (χ4v) is 5.11. The zero-order valence-electron chi connectivity index (χ0n) is 20.8. The molecule has 1 atom stereocenters. The van der Waals surface area contributed by atoms with Crippen LogP contribution in [-0.2, 0) is 22.6 Å². The molecule has 1 N–H and O–H groups in total. The predicted molar refractivity (Wildman–Crippen MR) is 144 cm³/mol. The van der Waals surface area contributed by atoms with Gasteiger partial charge in [0.1, 0.15) is 30.9 Å². The van der Waals surface area contributed by atoms with Crippen molar-refractivity contribution in [2.45, 2.75) is 25.5 Å². The van der Waals surface area contributed by atoms with Crippen LogP contribution < -0.4 is 10.2 Å². The Bertz CT molecular complexity index is 1320. The molecule has 0 spiro atoms. The van der Waals surface area contributed by atoms with Gasteiger partial charge in [-0.15, -0.1) is 11.3 Å². The SMILES string of the molecule is O=C(CC1CN(C(=O)OCc2ccccc2)CCN1c1cc(-n2ccnc2)ncn1)NCCc1cccs1. The number of thiophene rings is 1. The Kier molecular flexibility index (Phi) is 8.24. The van der Waals surface area contributed by atoms with Gasteiger partial charge in [-0.25, -0.2) is 19.7 Å². The van der Waals surface area contributed by atoms with Crippen molar-refractivity contribution in [1.82, 2.24) is 29.7 Å². The molecule has 10 nitrogen and oxygen atoms in total. The fraction of sp³-hybridized carbons (Fsp3) is 0.296. The summed E-state index contributed by atoms with van der Waals surface area (Å²) in [6.45, 7) is 2.07. The molecule has 0 bridgehead atoms. The molecular formula is C27H29N7O3S. The lowest BCUT2D eigenvalue weighted by Gasteiger charge is -2.41. The third-order valence-corrected chi connectivity index (χ3v) is 7.28. The van der Waals surface area contributed by atoms with Crippen LogP contribution in [0, 0.1) is 0 Å². The molecule has 5 rings (SSSR count). The number of amides is 2. The highest BCUT2D eigenvalue weighted by Gasteiger charge is 2.33. The highest BCUT2D eigenvalue weighted by atomic mass is 32.1. The Labute approximate surface area is 224 Å². The summed E-state index contributed by atoms with van der Waals surface area (Å²) in [4.78, 5) is 43.7. The lowest BCUT2D eigenvalue weighted by Crippen LogP contribution is -2.56. The number of imidazole rings is 1. The molecule has 1 aliphatic heterocycles. The molecule has 4 aromatic rings. The summed E-state index contributed by atoms with van der Waals surface area (Å²) in [6, 6.07) is 15.2. The molecule has 2 amide bonds. The van der Waals surface area contributed by atoms with Crippen molar-refractivity contribution in [1.29, 1.82) is 0 Å². The second-order valence-corrected chi connectivity index (χ2v) is 9.95. The topological polar surface area (TPSA) is 105 Å². The van der Waals surface area contributed by atoms with E-state index >= 15 is 0 Å². The van der Waals surface area contributed by atoms with E-state index in [-0.39, 0.29) is 25.0 Å². The van der Waals surface area contributed by atoms with Crippen molar-refractivity contribution in [3.05, 3.63) is 89.4 Å². The minimum Gasteiger partial charge on any atom is -0.445 e. The number of carbonyl (C=O) groups is 2. The van der Waals surface area contributed by atoms with Crippen LogP contribution in [0.25, 0.3) is 5.82 Å². The van der Waals surface area contributed by atoms with Gasteiger partial charge in [0.15, 0.2) is 0 Å². The number of hydrogen-bond acceptors (Lipinski definition) is 8. The largest absolute Gasteiger partial charge is 0.445 e. The molecular weight excluding hydrogens is 502 g/mol. The number of ether oxygens (including phenoxy) is 1. The number of nitrogens with one attached hydrogen (secondary N) is 1. The molecule has 1 saturated heterocycles. The van der Waals surface area contributed by atoms with Crippen molar-refractivity contribution in [3.8, 4) is 5.82 Å². The van der Waals surface area contributed by atoms with E-state index in [1.165, 1.54) is 11.2 Å². The van der Waals surface area contributed by atoms with Gasteiger partial charge >= 0.3 is 6.09 Å². The molecule has 11 heteroatoms. The van der Waals surface area contributed by atoms with Crippen LogP contribution in [0.15, 0.2) is 79.0 Å². The van der Waals surface area contributed by atoms with E-state index in [4.69, 9.17) is 4.74 Å². The van der Waals surface area contributed by atoms with Gasteiger partial charge in [0.2, 0.25) is 5.91 Å². The molecule has 1 aliphatic rings. The van der Waals surface area contributed by atoms with E-state index in [0.29, 0.717) is 37.8 Å². The lowest BCUT2D eigenvalue weighted by molar-refractivity contribution is -0.121. The van der Waals surface area contributed by atoms with E-state index in [1.807, 2.05) is 54.0 Å². The first-order valence-electron chi connectivity index (χ1n) is 12.5. The maximum absolute atomic E-state index is 12.9. The second-order valence-electron chi connectivity index (χ2n) is 8.92. The Hall–Kier alpha value is -4.25. The molecule has 3 aromatic heterocycles. The van der Waals surface area contributed by atoms with E-state index in [2.05, 4.69) is 31.2 Å². The van der Waals surface area contributed by atoms with Crippen molar-refractivity contribution in [2.24, 2.45) is 0 Å². The van der Waals surface area contributed by atoms with Gasteiger partial charge in [-0.2, -0.15) is 0 Å². The number of anilines is 1. The second kappa shape index (κ2) is 12.3. The van der Waals surface area contributed by atoms with E-state index in [1.54, 1.807) is 33.3 Å². The van der Waals surface area contributed by atoms with Crippen LogP contribution in [0.5, 0.6) is 0 Å². The number of nitrogens with zero attached hydrogens (tertiary/aromatic N) is 6. The summed E-state index contributed by atoms with van der Waals surface area (Å²) in [5.74, 6) is 1.30. The first kappa shape index (κ1) is 25.4. The van der Waals surface area contributed by atoms with Crippen molar-refractivity contribution in [3.63, 3.8) is 0 Å². The number of benzene rings is 1. The zero-order chi connectivity index (χ0) is 26.2. The number of hydrogen-bond donors (Lipinski definition) is 1. The van der Waals surface area contributed by atoms with Gasteiger partial charge in [-0.05, 0) is 23.4 Å². The minimum atomic E-state index is -0.390. The third-order valence-electron chi connectivity index (χ3n) is 6.34. The normalized spacial score (nSPS) is 15.3. The molecule has 0 radical (unpaired) electrons. The average Bonchev–Trinajstić information content (AvgIpc) is 3.67. The zero-order valence-corrected chi connectivity index (χ0v) is 21.7. The third kappa shape index (κ3) is 6.54. The molecule has 38 heavy (non-hydrogen) atoms. The predicted octanol–water partition coefficient (Wildman–Crippen LogP) is 3.30. The van der Waals surface area contributed by atoms with E-state index in [0.717, 1.165) is 12.0 Å². The Balaban J connectivity index is 1.27. The molecule has 0 aliphatic carbocycles. The monoisotopic (exact) mass is 531 g/mol. The summed E-state index contributed by atoms with van der Waals surface area (Å²) in [7, 11) is 0. The van der Waals surface area contributed by atoms with Gasteiger partial charge in [0.25, 0.3) is 0 Å². The first-order chi connectivity index (χ1) is 18.7. The smallest absolute Gasteiger partial charge is 0.410 e. The first-order valence-corrected chi connectivity index (χ1v) is 13.4. The summed E-state index contributed by atoms with van der Waals surface area (Å²) in [5.41, 5.74) is 0.925. The maximum atomic E-state index is 12.9. The van der Waals surface area contributed by atoms with Crippen LogP contribution in [0.1, 0.15) is 16.9 Å². The summed E-state index contributed by atoms with van der Waals surface area (Å²) in [5, 5.41) is 5.06. The summed E-state index contributed by atoms with van der Waals surface area (Å²) < 4.78 is 7.37. The quantitative estimate of drug-likeness (QED) is 0.353. The Morgan fingerprint density at radius 2 is 1.95 bits per heavy atom. The number of aromatic nitrogens is 4. The summed E-state index contributed by atoms with van der Waals surface area (Å²) in [6.07, 6.45) is 7.29. The number of piperazine rings is 1. The maximum Gasteiger partial charge on any atom is 0.410 e. The molecule has 4 heterocycles. The van der Waals surface area contributed by atoms with Crippen molar-refractivity contribution in [2.75, 3.05) is 31.1 Å². The van der Waals surface area contributed by atoms with Crippen LogP contribution in [-0.4, -0.2) is 68.6 Å². The molecule has 0 saturated carbocycles. The summed E-state index contributed by atoms with van der Waals surface area (Å²) >= 11 is 1.68. The molecule has 1 aromatic carbocycles. The minimum absolute atomic E-state index is 0.0695. The van der Waals surface area contributed by atoms with Crippen LogP contribution in [0.4, 0.5) is 10.6 Å². The highest BCUT2D eigenvalue weighted by molar-refractivity contribution is 7.09. The van der Waals surface area contributed by atoms with Crippen LogP contribution in [0.3, 0.4) is 0 Å². The lowest BCUT2D eigenvalue weighted by atomic mass is 10.1. The number of carbonyl (C=O) groups excluding carboxylic acids is 2. The highest BCUT2D eigenvalue weighted by Crippen LogP contribution is 2.23. The Morgan fingerprint density at radius 3 is 2.74 bits per heavy atom. The van der Waals surface area contributed by atoms with Gasteiger partial charge in [0, 0.05) is 55.9 Å². The molecule has 196 valence electrons. The van der Waals surface area contributed by atoms with Crippen molar-refractivity contribution < 1.29 is 14.3 Å². The number of rotatable bonds is 9. The Morgan fingerprint density at radius 1 is 1.08 bits per heavy atom. The van der Waals surface area contributed by atoms with Crippen LogP contribution >= 0.6 is 11.3 Å². The standard InChI is InChI=1S/C27H29N7O3S/c35-26(29-9-8-23-7-4-14-38-23)15-22-17-32(27(36)37-18-21-5-2-1-3-6-21)12-13-34(22)25-16-24(30-19-31-25)33-11-10-28-20-33/h1-7,10-11,14,16,19-20,22H,8-9,12-13,15,17-18H2,(H,29,35).